The Morgan fingerprint density at radius 1 is 0.769 bits per heavy atom. The van der Waals surface area contributed by atoms with Crippen LogP contribution in [0.4, 0.5) is 0 Å². The standard InChI is InChI=1S/C29H40O9S/c1-18-23(35-16-19-12-14-20(30-2)15-13-19)25(32-4)26(33-5)28(37-18)38-24-22(31-3)17-36-29(27(24)34-6)39-21-10-8-7-9-11-21/h7-15,18,22-29H,16-17H2,1-6H3/t18-,22+,23+,24+,25-,26-,27+,28+,29+/m0/s1. The fourth-order valence-corrected chi connectivity index (χ4v) is 6.12. The second kappa shape index (κ2) is 14.8. The number of rotatable bonds is 12. The van der Waals surface area contributed by atoms with Crippen molar-refractivity contribution in [2.45, 2.75) is 72.9 Å². The van der Waals surface area contributed by atoms with Crippen molar-refractivity contribution >= 4 is 11.8 Å². The number of ether oxygens (including phenoxy) is 9. The van der Waals surface area contributed by atoms with Gasteiger partial charge in [0, 0.05) is 33.3 Å². The third kappa shape index (κ3) is 7.32. The van der Waals surface area contributed by atoms with Crippen LogP contribution >= 0.6 is 11.8 Å². The Kier molecular flexibility index (Phi) is 11.5. The van der Waals surface area contributed by atoms with Gasteiger partial charge in [-0.25, -0.2) is 0 Å². The Bertz CT molecular complexity index is 978. The minimum Gasteiger partial charge on any atom is -0.497 e. The lowest BCUT2D eigenvalue weighted by Crippen LogP contribution is -2.63. The second-order valence-electron chi connectivity index (χ2n) is 9.44. The number of methoxy groups -OCH3 is 5. The van der Waals surface area contributed by atoms with Crippen LogP contribution in [0.5, 0.6) is 5.75 Å². The Morgan fingerprint density at radius 3 is 2.08 bits per heavy atom. The zero-order valence-corrected chi connectivity index (χ0v) is 24.2. The molecule has 2 heterocycles. The number of thioether (sulfide) groups is 1. The van der Waals surface area contributed by atoms with E-state index in [0.29, 0.717) is 13.2 Å². The summed E-state index contributed by atoms with van der Waals surface area (Å²) in [6.07, 6.45) is -3.69. The molecule has 2 aliphatic rings. The van der Waals surface area contributed by atoms with Gasteiger partial charge in [-0.15, -0.1) is 0 Å². The molecule has 0 N–H and O–H groups in total. The fourth-order valence-electron chi connectivity index (χ4n) is 4.99. The maximum Gasteiger partial charge on any atom is 0.187 e. The number of hydrogen-bond acceptors (Lipinski definition) is 10. The van der Waals surface area contributed by atoms with Gasteiger partial charge in [-0.2, -0.15) is 0 Å². The molecule has 10 heteroatoms. The molecule has 4 rings (SSSR count). The Balaban J connectivity index is 1.47. The molecular formula is C29H40O9S. The van der Waals surface area contributed by atoms with Crippen molar-refractivity contribution in [1.29, 1.82) is 0 Å². The highest BCUT2D eigenvalue weighted by Crippen LogP contribution is 2.36. The molecule has 0 bridgehead atoms. The monoisotopic (exact) mass is 564 g/mol. The summed E-state index contributed by atoms with van der Waals surface area (Å²) in [7, 11) is 8.20. The van der Waals surface area contributed by atoms with E-state index in [1.165, 1.54) is 0 Å². The van der Waals surface area contributed by atoms with Crippen molar-refractivity contribution in [3.63, 3.8) is 0 Å². The molecule has 2 saturated heterocycles. The summed E-state index contributed by atoms with van der Waals surface area (Å²) in [6, 6.07) is 17.8. The van der Waals surface area contributed by atoms with E-state index in [1.807, 2.05) is 61.5 Å². The van der Waals surface area contributed by atoms with Crippen molar-refractivity contribution in [3.05, 3.63) is 60.2 Å². The summed E-state index contributed by atoms with van der Waals surface area (Å²) in [5, 5.41) is 0. The molecule has 2 fully saturated rings. The van der Waals surface area contributed by atoms with Crippen LogP contribution in [-0.4, -0.2) is 96.6 Å². The van der Waals surface area contributed by atoms with Gasteiger partial charge in [-0.3, -0.25) is 0 Å². The average Bonchev–Trinajstić information content (AvgIpc) is 2.97. The summed E-state index contributed by atoms with van der Waals surface area (Å²) < 4.78 is 54.1. The van der Waals surface area contributed by atoms with Crippen molar-refractivity contribution in [1.82, 2.24) is 0 Å². The molecule has 0 unspecified atom stereocenters. The Hall–Kier alpha value is -1.73. The van der Waals surface area contributed by atoms with Crippen LogP contribution in [0.25, 0.3) is 0 Å². The van der Waals surface area contributed by atoms with Crippen molar-refractivity contribution in [2.24, 2.45) is 0 Å². The molecule has 0 saturated carbocycles. The average molecular weight is 565 g/mol. The first-order valence-corrected chi connectivity index (χ1v) is 13.9. The first-order chi connectivity index (χ1) is 19.0. The molecule has 0 spiro atoms. The summed E-state index contributed by atoms with van der Waals surface area (Å²) in [4.78, 5) is 1.08. The maximum absolute atomic E-state index is 6.61. The quantitative estimate of drug-likeness (QED) is 0.378. The Labute approximate surface area is 235 Å². The predicted molar refractivity (Wildman–Crippen MR) is 146 cm³/mol. The minimum atomic E-state index is -0.739. The smallest absolute Gasteiger partial charge is 0.187 e. The molecular weight excluding hydrogens is 524 g/mol. The molecule has 216 valence electrons. The van der Waals surface area contributed by atoms with E-state index in [2.05, 4.69) is 0 Å². The molecule has 0 aromatic heterocycles. The van der Waals surface area contributed by atoms with Gasteiger partial charge in [0.25, 0.3) is 0 Å². The first-order valence-electron chi connectivity index (χ1n) is 13.0. The fraction of sp³-hybridized carbons (Fsp3) is 0.586. The maximum atomic E-state index is 6.61. The summed E-state index contributed by atoms with van der Waals surface area (Å²) in [5.74, 6) is 0.795. The van der Waals surface area contributed by atoms with Crippen LogP contribution in [0.2, 0.25) is 0 Å². The highest BCUT2D eigenvalue weighted by atomic mass is 32.2. The molecule has 9 nitrogen and oxygen atoms in total. The summed E-state index contributed by atoms with van der Waals surface area (Å²) in [6.45, 7) is 2.69. The number of hydrogen-bond donors (Lipinski definition) is 0. The molecule has 39 heavy (non-hydrogen) atoms. The SMILES string of the molecule is COc1ccc(CO[C@H]2[C@H](OC)[C@H](OC)[C@@H](O[C@H]3[C@@H](OC)[C@@H](Sc4ccccc4)OC[C@H]3OC)O[C@H]2C)cc1. The van der Waals surface area contributed by atoms with Gasteiger partial charge >= 0.3 is 0 Å². The zero-order valence-electron chi connectivity index (χ0n) is 23.4. The zero-order chi connectivity index (χ0) is 27.8. The molecule has 9 atom stereocenters. The van der Waals surface area contributed by atoms with Crippen LogP contribution in [0.1, 0.15) is 12.5 Å². The molecule has 2 aromatic rings. The highest BCUT2D eigenvalue weighted by Gasteiger charge is 2.50. The van der Waals surface area contributed by atoms with Crippen molar-refractivity contribution < 1.29 is 42.6 Å². The van der Waals surface area contributed by atoms with E-state index in [1.54, 1.807) is 47.3 Å². The molecule has 2 aromatic carbocycles. The molecule has 0 aliphatic carbocycles. The molecule has 2 aliphatic heterocycles. The van der Waals surface area contributed by atoms with E-state index in [9.17, 15) is 0 Å². The van der Waals surface area contributed by atoms with E-state index < -0.39 is 30.7 Å². The van der Waals surface area contributed by atoms with Crippen LogP contribution in [0.15, 0.2) is 59.5 Å². The van der Waals surface area contributed by atoms with E-state index in [4.69, 9.17) is 42.6 Å². The van der Waals surface area contributed by atoms with Gasteiger partial charge in [0.05, 0.1) is 26.4 Å². The van der Waals surface area contributed by atoms with Gasteiger partial charge in [0.15, 0.2) is 6.29 Å². The minimum absolute atomic E-state index is 0.297. The first kappa shape index (κ1) is 30.2. The van der Waals surface area contributed by atoms with Gasteiger partial charge in [-0.05, 0) is 36.8 Å². The number of benzene rings is 2. The van der Waals surface area contributed by atoms with Crippen LogP contribution < -0.4 is 4.74 Å². The molecule has 0 amide bonds. The largest absolute Gasteiger partial charge is 0.497 e. The second-order valence-corrected chi connectivity index (χ2v) is 10.6. The lowest BCUT2D eigenvalue weighted by atomic mass is 9.98. The third-order valence-electron chi connectivity index (χ3n) is 7.12. The van der Waals surface area contributed by atoms with Gasteiger partial charge in [0.1, 0.15) is 47.8 Å². The lowest BCUT2D eigenvalue weighted by Gasteiger charge is -2.47. The van der Waals surface area contributed by atoms with Crippen LogP contribution in [-0.2, 0) is 44.5 Å². The van der Waals surface area contributed by atoms with Gasteiger partial charge < -0.3 is 42.6 Å². The highest BCUT2D eigenvalue weighted by molar-refractivity contribution is 7.99. The topological polar surface area (TPSA) is 83.1 Å². The predicted octanol–water partition coefficient (Wildman–Crippen LogP) is 3.92. The van der Waals surface area contributed by atoms with Gasteiger partial charge in [0.2, 0.25) is 0 Å². The van der Waals surface area contributed by atoms with Crippen LogP contribution in [0.3, 0.4) is 0 Å². The lowest BCUT2D eigenvalue weighted by molar-refractivity contribution is -0.339. The molecule has 0 radical (unpaired) electrons. The van der Waals surface area contributed by atoms with E-state index >= 15 is 0 Å². The van der Waals surface area contributed by atoms with E-state index in [0.717, 1.165) is 16.2 Å². The normalized spacial score (nSPS) is 33.1. The summed E-state index contributed by atoms with van der Waals surface area (Å²) in [5.41, 5.74) is 0.717. The Morgan fingerprint density at radius 2 is 1.46 bits per heavy atom. The van der Waals surface area contributed by atoms with Crippen molar-refractivity contribution in [2.75, 3.05) is 42.2 Å². The van der Waals surface area contributed by atoms with E-state index in [-0.39, 0.29) is 23.7 Å². The summed E-state index contributed by atoms with van der Waals surface area (Å²) >= 11 is 1.59. The van der Waals surface area contributed by atoms with Gasteiger partial charge in [-0.1, -0.05) is 42.1 Å². The third-order valence-corrected chi connectivity index (χ3v) is 8.30. The van der Waals surface area contributed by atoms with Crippen LogP contribution in [0, 0.1) is 0 Å². The van der Waals surface area contributed by atoms with Crippen molar-refractivity contribution in [3.8, 4) is 5.75 Å².